The SMILES string of the molecule is CC1=C(Cl)O1. The molecular weight excluding hydrogens is 87.5 g/mol. The predicted molar refractivity (Wildman–Crippen MR) is 19.6 cm³/mol. The van der Waals surface area contributed by atoms with E-state index in [1.54, 1.807) is 0 Å². The van der Waals surface area contributed by atoms with Gasteiger partial charge >= 0.3 is 0 Å². The van der Waals surface area contributed by atoms with Crippen molar-refractivity contribution < 1.29 is 4.74 Å². The molecule has 1 aliphatic rings. The molecule has 5 heavy (non-hydrogen) atoms. The summed E-state index contributed by atoms with van der Waals surface area (Å²) in [5, 5.41) is 0.560. The first-order valence-electron chi connectivity index (χ1n) is 1.35. The predicted octanol–water partition coefficient (Wildman–Crippen LogP) is 1.44. The van der Waals surface area contributed by atoms with E-state index in [9.17, 15) is 0 Å². The van der Waals surface area contributed by atoms with E-state index in [2.05, 4.69) is 4.74 Å². The van der Waals surface area contributed by atoms with Gasteiger partial charge in [0.25, 0.3) is 0 Å². The summed E-state index contributed by atoms with van der Waals surface area (Å²) in [5.74, 6) is 0.853. The standard InChI is InChI=1S/C3H3ClO/c1-2-3(4)5-2/h1H3. The molecule has 1 heterocycles. The van der Waals surface area contributed by atoms with Gasteiger partial charge in [0.15, 0.2) is 5.76 Å². The summed E-state index contributed by atoms with van der Waals surface area (Å²) >= 11 is 5.19. The van der Waals surface area contributed by atoms with Gasteiger partial charge in [-0.05, 0) is 18.5 Å². The largest absolute Gasteiger partial charge is 0.441 e. The molecule has 0 N–H and O–H groups in total. The molecule has 0 fully saturated rings. The highest BCUT2D eigenvalue weighted by Crippen LogP contribution is 2.27. The fourth-order valence-electron chi connectivity index (χ4n) is 0.109. The monoisotopic (exact) mass is 90.0 g/mol. The average Bonchev–Trinajstić information content (AvgIpc) is 1.79. The minimum absolute atomic E-state index is 0.560. The molecule has 0 radical (unpaired) electrons. The zero-order valence-electron chi connectivity index (χ0n) is 2.79. The Labute approximate surface area is 35.2 Å². The molecule has 0 unspecified atom stereocenters. The maximum absolute atomic E-state index is 5.19. The molecule has 28 valence electrons. The fraction of sp³-hybridized carbons (Fsp3) is 0.333. The van der Waals surface area contributed by atoms with E-state index in [0.29, 0.717) is 5.22 Å². The highest BCUT2D eigenvalue weighted by atomic mass is 35.5. The van der Waals surface area contributed by atoms with Gasteiger partial charge in [0.1, 0.15) is 0 Å². The van der Waals surface area contributed by atoms with Crippen LogP contribution in [0.3, 0.4) is 0 Å². The summed E-state index contributed by atoms with van der Waals surface area (Å²) < 4.78 is 4.52. The Kier molecular flexibility index (Phi) is 0.399. The van der Waals surface area contributed by atoms with Crippen molar-refractivity contribution in [3.63, 3.8) is 0 Å². The van der Waals surface area contributed by atoms with Crippen molar-refractivity contribution in [3.05, 3.63) is 11.0 Å². The van der Waals surface area contributed by atoms with E-state index in [4.69, 9.17) is 11.6 Å². The zero-order chi connectivity index (χ0) is 3.86. The van der Waals surface area contributed by atoms with Crippen LogP contribution in [0.1, 0.15) is 6.92 Å². The Morgan fingerprint density at radius 3 is 2.00 bits per heavy atom. The number of hydrogen-bond donors (Lipinski definition) is 0. The molecule has 2 heteroatoms. The third kappa shape index (κ3) is 0.377. The minimum atomic E-state index is 0.560. The Balaban J connectivity index is 2.59. The molecule has 1 nitrogen and oxygen atoms in total. The van der Waals surface area contributed by atoms with Crippen molar-refractivity contribution in [2.45, 2.75) is 6.92 Å². The van der Waals surface area contributed by atoms with Gasteiger partial charge in [-0.1, -0.05) is 0 Å². The third-order valence-corrected chi connectivity index (χ3v) is 0.821. The highest BCUT2D eigenvalue weighted by molar-refractivity contribution is 6.30. The van der Waals surface area contributed by atoms with Gasteiger partial charge in [0.05, 0.1) is 0 Å². The number of ether oxygens (including phenoxy) is 1. The van der Waals surface area contributed by atoms with Crippen molar-refractivity contribution in [1.29, 1.82) is 0 Å². The summed E-state index contributed by atoms with van der Waals surface area (Å²) in [7, 11) is 0. The van der Waals surface area contributed by atoms with Crippen LogP contribution in [-0.4, -0.2) is 0 Å². The van der Waals surface area contributed by atoms with E-state index < -0.39 is 0 Å². The molecule has 0 bridgehead atoms. The van der Waals surface area contributed by atoms with Crippen LogP contribution in [0, 0.1) is 0 Å². The number of allylic oxidation sites excluding steroid dienone is 1. The lowest BCUT2D eigenvalue weighted by Gasteiger charge is -1.55. The first kappa shape index (κ1) is 3.04. The highest BCUT2D eigenvalue weighted by Gasteiger charge is 2.14. The summed E-state index contributed by atoms with van der Waals surface area (Å²) in [6.45, 7) is 1.82. The molecule has 0 atom stereocenters. The molecular formula is C3H3ClO. The van der Waals surface area contributed by atoms with Gasteiger partial charge < -0.3 is 4.74 Å². The molecule has 0 aliphatic carbocycles. The van der Waals surface area contributed by atoms with Crippen LogP contribution in [0.15, 0.2) is 11.0 Å². The molecule has 1 rings (SSSR count). The lowest BCUT2D eigenvalue weighted by Crippen LogP contribution is -1.34. The normalized spacial score (nSPS) is 18.8. The van der Waals surface area contributed by atoms with Gasteiger partial charge in [-0.15, -0.1) is 0 Å². The van der Waals surface area contributed by atoms with Crippen LogP contribution in [0.25, 0.3) is 0 Å². The fourth-order valence-corrected chi connectivity index (χ4v) is 0.225. The van der Waals surface area contributed by atoms with Gasteiger partial charge in [0.2, 0.25) is 5.22 Å². The van der Waals surface area contributed by atoms with Crippen molar-refractivity contribution in [2.75, 3.05) is 0 Å². The van der Waals surface area contributed by atoms with Crippen LogP contribution in [0.2, 0.25) is 0 Å². The van der Waals surface area contributed by atoms with Crippen LogP contribution in [0.4, 0.5) is 0 Å². The molecule has 1 aliphatic heterocycles. The minimum Gasteiger partial charge on any atom is -0.441 e. The summed E-state index contributed by atoms with van der Waals surface area (Å²) in [6, 6.07) is 0. The topological polar surface area (TPSA) is 12.5 Å². The smallest absolute Gasteiger partial charge is 0.231 e. The molecule has 0 amide bonds. The van der Waals surface area contributed by atoms with Crippen LogP contribution >= 0.6 is 11.6 Å². The maximum atomic E-state index is 5.19. The van der Waals surface area contributed by atoms with Crippen molar-refractivity contribution >= 4 is 11.6 Å². The summed E-state index contributed by atoms with van der Waals surface area (Å²) in [5.41, 5.74) is 0. The number of hydrogen-bond acceptors (Lipinski definition) is 1. The zero-order valence-corrected chi connectivity index (χ0v) is 3.54. The first-order chi connectivity index (χ1) is 2.30. The third-order valence-electron chi connectivity index (χ3n) is 0.478. The second-order valence-electron chi connectivity index (χ2n) is 0.932. The molecule has 0 saturated carbocycles. The van der Waals surface area contributed by atoms with E-state index >= 15 is 0 Å². The first-order valence-corrected chi connectivity index (χ1v) is 1.73. The van der Waals surface area contributed by atoms with Crippen LogP contribution < -0.4 is 0 Å². The summed E-state index contributed by atoms with van der Waals surface area (Å²) in [6.07, 6.45) is 0. The molecule has 0 aromatic rings. The molecule has 0 saturated heterocycles. The molecule has 0 aromatic carbocycles. The van der Waals surface area contributed by atoms with Crippen LogP contribution in [-0.2, 0) is 4.74 Å². The van der Waals surface area contributed by atoms with E-state index in [1.165, 1.54) is 0 Å². The summed E-state index contributed by atoms with van der Waals surface area (Å²) in [4.78, 5) is 0. The van der Waals surface area contributed by atoms with Crippen LogP contribution in [0.5, 0.6) is 0 Å². The lowest BCUT2D eigenvalue weighted by molar-refractivity contribution is 0.492. The second-order valence-corrected chi connectivity index (χ2v) is 1.28. The van der Waals surface area contributed by atoms with E-state index in [1.807, 2.05) is 6.92 Å². The second kappa shape index (κ2) is 0.658. The Hall–Kier alpha value is -0.170. The van der Waals surface area contributed by atoms with E-state index in [-0.39, 0.29) is 0 Å². The maximum Gasteiger partial charge on any atom is 0.231 e. The van der Waals surface area contributed by atoms with Gasteiger partial charge in [-0.2, -0.15) is 0 Å². The Morgan fingerprint density at radius 2 is 2.00 bits per heavy atom. The van der Waals surface area contributed by atoms with E-state index in [0.717, 1.165) is 5.76 Å². The Morgan fingerprint density at radius 1 is 1.80 bits per heavy atom. The van der Waals surface area contributed by atoms with Crippen molar-refractivity contribution in [3.8, 4) is 0 Å². The molecule has 0 spiro atoms. The van der Waals surface area contributed by atoms with Gasteiger partial charge in [-0.3, -0.25) is 0 Å². The number of rotatable bonds is 0. The Bertz CT molecular complexity index is 74.9. The van der Waals surface area contributed by atoms with Crippen molar-refractivity contribution in [1.82, 2.24) is 0 Å². The van der Waals surface area contributed by atoms with Gasteiger partial charge in [-0.25, -0.2) is 0 Å². The lowest BCUT2D eigenvalue weighted by atomic mass is 10.8. The molecule has 0 aromatic heterocycles. The van der Waals surface area contributed by atoms with Crippen molar-refractivity contribution in [2.24, 2.45) is 0 Å². The average molecular weight is 90.5 g/mol. The van der Waals surface area contributed by atoms with Gasteiger partial charge in [0, 0.05) is 0 Å². The quantitative estimate of drug-likeness (QED) is 0.439. The number of halogens is 1.